The van der Waals surface area contributed by atoms with E-state index in [1.54, 1.807) is 24.0 Å². The molecule has 0 fully saturated rings. The first-order chi connectivity index (χ1) is 21.6. The number of aliphatic hydroxyl groups is 1. The normalized spacial score (nSPS) is 12.4. The summed E-state index contributed by atoms with van der Waals surface area (Å²) in [6.07, 6.45) is 2.39. The van der Waals surface area contributed by atoms with Crippen LogP contribution in [0, 0.1) is 18.6 Å². The monoisotopic (exact) mass is 633 g/mol. The zero-order valence-electron chi connectivity index (χ0n) is 27.0. The Balaban J connectivity index is 2.10. The molecule has 2 aromatic rings. The average Bonchev–Trinajstić information content (AvgIpc) is 2.99. The van der Waals surface area contributed by atoms with Crippen LogP contribution < -0.4 is 10.6 Å². The van der Waals surface area contributed by atoms with Crippen molar-refractivity contribution in [3.63, 3.8) is 0 Å². The number of carbonyl (C=O) groups excluding carboxylic acids is 3. The van der Waals surface area contributed by atoms with Crippen molar-refractivity contribution in [3.8, 4) is 0 Å². The number of halogens is 2. The van der Waals surface area contributed by atoms with E-state index in [-0.39, 0.29) is 55.5 Å². The molecule has 2 atom stereocenters. The molecule has 0 saturated heterocycles. The van der Waals surface area contributed by atoms with Gasteiger partial charge in [-0.25, -0.2) is 8.78 Å². The van der Waals surface area contributed by atoms with E-state index in [9.17, 15) is 28.3 Å². The Morgan fingerprint density at radius 2 is 1.51 bits per heavy atom. The molecule has 45 heavy (non-hydrogen) atoms. The summed E-state index contributed by atoms with van der Waals surface area (Å²) >= 11 is 0. The number of nitrogens with zero attached hydrogens (tertiary/aromatic N) is 1. The van der Waals surface area contributed by atoms with E-state index in [2.05, 4.69) is 17.6 Å². The SMILES string of the molecule is CCCCOCCOCC(=O)NCC[C@@H](O)[C@H](Cc1cc(F)cc(F)c1)NC(=O)c1cc(C)cc(C(=O)N(CCC)CCC)c1. The maximum absolute atomic E-state index is 14.0. The van der Waals surface area contributed by atoms with Crippen LogP contribution in [0.15, 0.2) is 36.4 Å². The van der Waals surface area contributed by atoms with Gasteiger partial charge in [-0.2, -0.15) is 0 Å². The van der Waals surface area contributed by atoms with Gasteiger partial charge in [0.25, 0.3) is 11.8 Å². The van der Waals surface area contributed by atoms with Gasteiger partial charge in [0.2, 0.25) is 5.91 Å². The lowest BCUT2D eigenvalue weighted by Crippen LogP contribution is -2.46. The highest BCUT2D eigenvalue weighted by molar-refractivity contribution is 6.00. The number of rotatable bonds is 21. The second-order valence-corrected chi connectivity index (χ2v) is 11.2. The average molecular weight is 634 g/mol. The van der Waals surface area contributed by atoms with E-state index in [0.717, 1.165) is 43.9 Å². The third kappa shape index (κ3) is 14.1. The van der Waals surface area contributed by atoms with Crippen molar-refractivity contribution in [1.29, 1.82) is 0 Å². The molecule has 0 heterocycles. The molecular formula is C34H49F2N3O6. The van der Waals surface area contributed by atoms with E-state index < -0.39 is 29.7 Å². The Morgan fingerprint density at radius 3 is 2.16 bits per heavy atom. The topological polar surface area (TPSA) is 117 Å². The van der Waals surface area contributed by atoms with Crippen LogP contribution >= 0.6 is 0 Å². The van der Waals surface area contributed by atoms with Crippen LogP contribution in [-0.4, -0.2) is 85.9 Å². The molecule has 0 saturated carbocycles. The van der Waals surface area contributed by atoms with E-state index in [1.807, 2.05) is 13.8 Å². The van der Waals surface area contributed by atoms with Gasteiger partial charge in [0.05, 0.1) is 25.4 Å². The van der Waals surface area contributed by atoms with E-state index in [1.165, 1.54) is 6.07 Å². The molecule has 2 aromatic carbocycles. The number of benzene rings is 2. The zero-order valence-corrected chi connectivity index (χ0v) is 27.0. The Labute approximate surface area is 265 Å². The van der Waals surface area contributed by atoms with Gasteiger partial charge in [0.1, 0.15) is 18.2 Å². The molecule has 2 rings (SSSR count). The quantitative estimate of drug-likeness (QED) is 0.173. The Bertz CT molecular complexity index is 1200. The number of hydrogen-bond acceptors (Lipinski definition) is 6. The molecule has 0 aliphatic rings. The van der Waals surface area contributed by atoms with Gasteiger partial charge in [-0.05, 0) is 80.5 Å². The van der Waals surface area contributed by atoms with Crippen molar-refractivity contribution in [2.24, 2.45) is 0 Å². The number of carbonyl (C=O) groups is 3. The second-order valence-electron chi connectivity index (χ2n) is 11.2. The Morgan fingerprint density at radius 1 is 0.867 bits per heavy atom. The molecule has 250 valence electrons. The first-order valence-electron chi connectivity index (χ1n) is 15.8. The Hall–Kier alpha value is -3.41. The van der Waals surface area contributed by atoms with Crippen molar-refractivity contribution in [1.82, 2.24) is 15.5 Å². The summed E-state index contributed by atoms with van der Waals surface area (Å²) in [5.74, 6) is -2.66. The van der Waals surface area contributed by atoms with Crippen LogP contribution in [-0.2, 0) is 20.7 Å². The molecule has 11 heteroatoms. The van der Waals surface area contributed by atoms with Gasteiger partial charge >= 0.3 is 0 Å². The summed E-state index contributed by atoms with van der Waals surface area (Å²) in [6.45, 7) is 10.2. The van der Waals surface area contributed by atoms with Crippen molar-refractivity contribution in [3.05, 3.63) is 70.3 Å². The van der Waals surface area contributed by atoms with Crippen LogP contribution in [0.3, 0.4) is 0 Å². The highest BCUT2D eigenvalue weighted by atomic mass is 19.1. The van der Waals surface area contributed by atoms with Crippen molar-refractivity contribution in [2.75, 3.05) is 46.1 Å². The van der Waals surface area contributed by atoms with Gasteiger partial charge in [0, 0.05) is 43.4 Å². The van der Waals surface area contributed by atoms with Crippen LogP contribution in [0.5, 0.6) is 0 Å². The van der Waals surface area contributed by atoms with Crippen LogP contribution in [0.1, 0.15) is 84.7 Å². The highest BCUT2D eigenvalue weighted by Crippen LogP contribution is 2.16. The summed E-state index contributed by atoms with van der Waals surface area (Å²) in [4.78, 5) is 40.6. The first-order valence-corrected chi connectivity index (χ1v) is 15.8. The first kappa shape index (κ1) is 37.8. The number of aliphatic hydroxyl groups excluding tert-OH is 1. The zero-order chi connectivity index (χ0) is 33.2. The molecule has 0 radical (unpaired) electrons. The molecule has 0 bridgehead atoms. The minimum absolute atomic E-state index is 0.0508. The summed E-state index contributed by atoms with van der Waals surface area (Å²) in [7, 11) is 0. The maximum atomic E-state index is 14.0. The number of amides is 3. The maximum Gasteiger partial charge on any atom is 0.253 e. The summed E-state index contributed by atoms with van der Waals surface area (Å²) in [5, 5.41) is 16.5. The molecule has 9 nitrogen and oxygen atoms in total. The minimum atomic E-state index is -1.18. The van der Waals surface area contributed by atoms with Crippen molar-refractivity contribution >= 4 is 17.7 Å². The van der Waals surface area contributed by atoms with Crippen molar-refractivity contribution in [2.45, 2.75) is 78.4 Å². The van der Waals surface area contributed by atoms with Gasteiger partial charge in [0.15, 0.2) is 0 Å². The predicted octanol–water partition coefficient (Wildman–Crippen LogP) is 4.58. The molecule has 3 amide bonds. The van der Waals surface area contributed by atoms with Crippen LogP contribution in [0.2, 0.25) is 0 Å². The van der Waals surface area contributed by atoms with E-state index in [0.29, 0.717) is 37.4 Å². The predicted molar refractivity (Wildman–Crippen MR) is 169 cm³/mol. The number of hydrogen-bond donors (Lipinski definition) is 3. The van der Waals surface area contributed by atoms with E-state index >= 15 is 0 Å². The molecule has 3 N–H and O–H groups in total. The molecule has 0 unspecified atom stereocenters. The number of ether oxygens (including phenoxy) is 2. The minimum Gasteiger partial charge on any atom is -0.391 e. The fraction of sp³-hybridized carbons (Fsp3) is 0.559. The smallest absolute Gasteiger partial charge is 0.253 e. The molecule has 0 aliphatic carbocycles. The summed E-state index contributed by atoms with van der Waals surface area (Å²) in [5.41, 5.74) is 1.55. The van der Waals surface area contributed by atoms with Gasteiger partial charge < -0.3 is 30.1 Å². The van der Waals surface area contributed by atoms with Crippen LogP contribution in [0.25, 0.3) is 0 Å². The van der Waals surface area contributed by atoms with Crippen molar-refractivity contribution < 1.29 is 37.7 Å². The number of nitrogens with one attached hydrogen (secondary N) is 2. The molecule has 0 aromatic heterocycles. The van der Waals surface area contributed by atoms with Crippen LogP contribution in [0.4, 0.5) is 8.78 Å². The molecule has 0 spiro atoms. The standard InChI is InChI=1S/C34H49F2N3O6/c1-5-8-13-44-14-15-45-23-32(41)37-10-9-31(40)30(20-25-18-28(35)22-29(36)19-25)38-33(42)26-16-24(4)17-27(21-26)34(43)39(11-6-2)12-7-3/h16-19,21-22,30-31,40H,5-15,20,23H2,1-4H3,(H,37,41)(H,38,42)/t30-,31+/m0/s1. The second kappa shape index (κ2) is 20.6. The molecule has 0 aliphatic heterocycles. The number of unbranched alkanes of at least 4 members (excludes halogenated alkanes) is 1. The fourth-order valence-corrected chi connectivity index (χ4v) is 4.84. The highest BCUT2D eigenvalue weighted by Gasteiger charge is 2.24. The Kier molecular flexibility index (Phi) is 17.3. The lowest BCUT2D eigenvalue weighted by molar-refractivity contribution is -0.126. The fourth-order valence-electron chi connectivity index (χ4n) is 4.84. The van der Waals surface area contributed by atoms with Gasteiger partial charge in [-0.15, -0.1) is 0 Å². The summed E-state index contributed by atoms with van der Waals surface area (Å²) in [6, 6.07) is 6.95. The third-order valence-corrected chi connectivity index (χ3v) is 7.03. The lowest BCUT2D eigenvalue weighted by atomic mass is 9.97. The largest absolute Gasteiger partial charge is 0.391 e. The molecular weight excluding hydrogens is 584 g/mol. The van der Waals surface area contributed by atoms with E-state index in [4.69, 9.17) is 9.47 Å². The van der Waals surface area contributed by atoms with Gasteiger partial charge in [-0.3, -0.25) is 14.4 Å². The third-order valence-electron chi connectivity index (χ3n) is 7.03. The van der Waals surface area contributed by atoms with Gasteiger partial charge in [-0.1, -0.05) is 27.2 Å². The lowest BCUT2D eigenvalue weighted by Gasteiger charge is -2.25. The number of aryl methyl sites for hydroxylation is 1. The summed E-state index contributed by atoms with van der Waals surface area (Å²) < 4.78 is 38.6.